The summed E-state index contributed by atoms with van der Waals surface area (Å²) in [4.78, 5) is 21.8. The van der Waals surface area contributed by atoms with Crippen LogP contribution >= 0.6 is 0 Å². The van der Waals surface area contributed by atoms with Gasteiger partial charge in [0.25, 0.3) is 0 Å². The number of carbonyl (C=O) groups excluding carboxylic acids is 1. The minimum Gasteiger partial charge on any atom is -0.380 e. The van der Waals surface area contributed by atoms with E-state index in [4.69, 9.17) is 0 Å². The van der Waals surface area contributed by atoms with Crippen LogP contribution < -0.4 is 5.32 Å². The van der Waals surface area contributed by atoms with Crippen molar-refractivity contribution in [1.82, 2.24) is 14.9 Å². The SMILES string of the molecule is C=CC(=O)N1C[C@H](Nc2ccnc3[nH]cc(CC4CC4)c23)CC[C@@H]1C. The number of piperidine rings is 1. The largest absolute Gasteiger partial charge is 0.380 e. The van der Waals surface area contributed by atoms with Gasteiger partial charge in [-0.25, -0.2) is 4.98 Å². The van der Waals surface area contributed by atoms with E-state index in [1.54, 1.807) is 0 Å². The van der Waals surface area contributed by atoms with Crippen molar-refractivity contribution in [2.24, 2.45) is 5.92 Å². The van der Waals surface area contributed by atoms with Crippen LogP contribution in [0.3, 0.4) is 0 Å². The molecule has 1 aliphatic heterocycles. The van der Waals surface area contributed by atoms with Crippen molar-refractivity contribution in [2.45, 2.75) is 51.1 Å². The summed E-state index contributed by atoms with van der Waals surface area (Å²) in [5, 5.41) is 4.90. The van der Waals surface area contributed by atoms with Gasteiger partial charge in [-0.2, -0.15) is 0 Å². The highest BCUT2D eigenvalue weighted by atomic mass is 16.2. The van der Waals surface area contributed by atoms with E-state index in [1.165, 1.54) is 29.9 Å². The average molecular weight is 338 g/mol. The first kappa shape index (κ1) is 16.2. The molecule has 5 nitrogen and oxygen atoms in total. The zero-order chi connectivity index (χ0) is 17.4. The molecular weight excluding hydrogens is 312 g/mol. The molecule has 2 fully saturated rings. The van der Waals surface area contributed by atoms with Crippen molar-refractivity contribution >= 4 is 22.6 Å². The molecule has 132 valence electrons. The van der Waals surface area contributed by atoms with Gasteiger partial charge in [0.15, 0.2) is 0 Å². The Morgan fingerprint density at radius 3 is 3.04 bits per heavy atom. The van der Waals surface area contributed by atoms with E-state index < -0.39 is 0 Å². The number of carbonyl (C=O) groups is 1. The Hall–Kier alpha value is -2.30. The summed E-state index contributed by atoms with van der Waals surface area (Å²) in [6, 6.07) is 2.60. The van der Waals surface area contributed by atoms with Gasteiger partial charge in [0.05, 0.1) is 0 Å². The summed E-state index contributed by atoms with van der Waals surface area (Å²) in [6.45, 7) is 6.47. The molecule has 3 heterocycles. The molecular formula is C20H26N4O. The van der Waals surface area contributed by atoms with Crippen LogP contribution in [0.1, 0.15) is 38.2 Å². The zero-order valence-electron chi connectivity index (χ0n) is 14.8. The molecule has 0 spiro atoms. The Balaban J connectivity index is 1.56. The molecule has 0 radical (unpaired) electrons. The molecule has 1 saturated carbocycles. The number of amides is 1. The summed E-state index contributed by atoms with van der Waals surface area (Å²) in [5.41, 5.74) is 3.44. The maximum atomic E-state index is 12.1. The van der Waals surface area contributed by atoms with Gasteiger partial charge >= 0.3 is 0 Å². The van der Waals surface area contributed by atoms with Crippen LogP contribution in [0.15, 0.2) is 31.1 Å². The fourth-order valence-corrected chi connectivity index (χ4v) is 3.91. The summed E-state index contributed by atoms with van der Waals surface area (Å²) in [6.07, 6.45) is 11.3. The van der Waals surface area contributed by atoms with Crippen LogP contribution in [0.25, 0.3) is 11.0 Å². The number of H-pyrrole nitrogens is 1. The van der Waals surface area contributed by atoms with Gasteiger partial charge in [0, 0.05) is 42.1 Å². The lowest BCUT2D eigenvalue weighted by Gasteiger charge is -2.38. The number of likely N-dealkylation sites (tertiary alicyclic amines) is 1. The van der Waals surface area contributed by atoms with Gasteiger partial charge in [0.2, 0.25) is 5.91 Å². The molecule has 2 atom stereocenters. The second-order valence-corrected chi connectivity index (χ2v) is 7.51. The van der Waals surface area contributed by atoms with Gasteiger partial charge in [-0.1, -0.05) is 6.58 Å². The van der Waals surface area contributed by atoms with Crippen molar-refractivity contribution in [2.75, 3.05) is 11.9 Å². The number of hydrogen-bond donors (Lipinski definition) is 2. The molecule has 2 aliphatic rings. The van der Waals surface area contributed by atoms with E-state index >= 15 is 0 Å². The molecule has 2 aromatic rings. The lowest BCUT2D eigenvalue weighted by Crippen LogP contribution is -2.49. The standard InChI is InChI=1S/C20H26N4O/c1-3-18(25)24-12-16(7-4-13(24)2)23-17-8-9-21-20-19(17)15(11-22-20)10-14-5-6-14/h3,8-9,11,13-14,16H,1,4-7,10,12H2,2H3,(H2,21,22,23)/t13-,16+/m0/s1. The van der Waals surface area contributed by atoms with Crippen LogP contribution in [0, 0.1) is 5.92 Å². The van der Waals surface area contributed by atoms with Crippen LogP contribution in [0.4, 0.5) is 5.69 Å². The van der Waals surface area contributed by atoms with Crippen molar-refractivity contribution in [3.05, 3.63) is 36.7 Å². The van der Waals surface area contributed by atoms with E-state index in [0.29, 0.717) is 0 Å². The fourth-order valence-electron chi connectivity index (χ4n) is 3.91. The van der Waals surface area contributed by atoms with Crippen LogP contribution in [0.5, 0.6) is 0 Å². The Morgan fingerprint density at radius 2 is 2.28 bits per heavy atom. The van der Waals surface area contributed by atoms with Crippen LogP contribution in [-0.4, -0.2) is 39.4 Å². The lowest BCUT2D eigenvalue weighted by molar-refractivity contribution is -0.129. The number of hydrogen-bond acceptors (Lipinski definition) is 3. The third kappa shape index (κ3) is 3.28. The molecule has 25 heavy (non-hydrogen) atoms. The molecule has 0 unspecified atom stereocenters. The quantitative estimate of drug-likeness (QED) is 0.820. The zero-order valence-corrected chi connectivity index (χ0v) is 14.8. The van der Waals surface area contributed by atoms with E-state index in [1.807, 2.05) is 11.1 Å². The van der Waals surface area contributed by atoms with E-state index in [9.17, 15) is 4.79 Å². The molecule has 1 saturated heterocycles. The van der Waals surface area contributed by atoms with Crippen molar-refractivity contribution in [3.8, 4) is 0 Å². The van der Waals surface area contributed by atoms with Gasteiger partial charge < -0.3 is 15.2 Å². The predicted octanol–water partition coefficient (Wildman–Crippen LogP) is 3.49. The Labute approximate surface area is 148 Å². The summed E-state index contributed by atoms with van der Waals surface area (Å²) in [5.74, 6) is 0.859. The van der Waals surface area contributed by atoms with E-state index in [0.717, 1.165) is 43.1 Å². The third-order valence-electron chi connectivity index (χ3n) is 5.56. The second kappa shape index (κ2) is 6.54. The first-order chi connectivity index (χ1) is 12.2. The number of fused-ring (bicyclic) bond motifs is 1. The monoisotopic (exact) mass is 338 g/mol. The van der Waals surface area contributed by atoms with Crippen molar-refractivity contribution in [1.29, 1.82) is 0 Å². The van der Waals surface area contributed by atoms with Gasteiger partial charge in [-0.15, -0.1) is 0 Å². The smallest absolute Gasteiger partial charge is 0.246 e. The highest BCUT2D eigenvalue weighted by molar-refractivity contribution is 5.92. The first-order valence-corrected chi connectivity index (χ1v) is 9.30. The lowest BCUT2D eigenvalue weighted by atomic mass is 9.98. The normalized spacial score (nSPS) is 23.6. The number of nitrogens with zero attached hydrogens (tertiary/aromatic N) is 2. The molecule has 5 heteroatoms. The molecule has 1 amide bonds. The molecule has 0 bridgehead atoms. The minimum absolute atomic E-state index is 0.0231. The molecule has 4 rings (SSSR count). The number of pyridine rings is 1. The number of nitrogens with one attached hydrogen (secondary N) is 2. The number of aromatic nitrogens is 2. The number of rotatable bonds is 5. The minimum atomic E-state index is 0.0231. The second-order valence-electron chi connectivity index (χ2n) is 7.51. The van der Waals surface area contributed by atoms with Crippen LogP contribution in [0.2, 0.25) is 0 Å². The Kier molecular flexibility index (Phi) is 4.24. The Morgan fingerprint density at radius 1 is 1.44 bits per heavy atom. The average Bonchev–Trinajstić information content (AvgIpc) is 3.34. The molecule has 0 aromatic carbocycles. The summed E-state index contributed by atoms with van der Waals surface area (Å²) >= 11 is 0. The summed E-state index contributed by atoms with van der Waals surface area (Å²) in [7, 11) is 0. The predicted molar refractivity (Wildman–Crippen MR) is 101 cm³/mol. The van der Waals surface area contributed by atoms with Crippen molar-refractivity contribution < 1.29 is 4.79 Å². The maximum absolute atomic E-state index is 12.1. The highest BCUT2D eigenvalue weighted by Gasteiger charge is 2.28. The number of aromatic amines is 1. The summed E-state index contributed by atoms with van der Waals surface area (Å²) < 4.78 is 0. The van der Waals surface area contributed by atoms with Crippen LogP contribution in [-0.2, 0) is 11.2 Å². The first-order valence-electron chi connectivity index (χ1n) is 9.30. The topological polar surface area (TPSA) is 61.0 Å². The molecule has 1 aliphatic carbocycles. The number of anilines is 1. The highest BCUT2D eigenvalue weighted by Crippen LogP contribution is 2.36. The third-order valence-corrected chi connectivity index (χ3v) is 5.56. The van der Waals surface area contributed by atoms with Gasteiger partial charge in [-0.3, -0.25) is 4.79 Å². The van der Waals surface area contributed by atoms with Gasteiger partial charge in [0.1, 0.15) is 5.65 Å². The molecule has 2 aromatic heterocycles. The van der Waals surface area contributed by atoms with E-state index in [-0.39, 0.29) is 18.0 Å². The van der Waals surface area contributed by atoms with Gasteiger partial charge in [-0.05, 0) is 62.7 Å². The van der Waals surface area contributed by atoms with Crippen molar-refractivity contribution in [3.63, 3.8) is 0 Å². The Bertz CT molecular complexity index is 792. The molecule has 2 N–H and O–H groups in total. The fraction of sp³-hybridized carbons (Fsp3) is 0.500. The van der Waals surface area contributed by atoms with E-state index in [2.05, 4.69) is 41.1 Å². The maximum Gasteiger partial charge on any atom is 0.246 e.